The summed E-state index contributed by atoms with van der Waals surface area (Å²) in [6.07, 6.45) is 0. The Morgan fingerprint density at radius 2 is 1.94 bits per heavy atom. The zero-order valence-electron chi connectivity index (χ0n) is 8.37. The van der Waals surface area contributed by atoms with Crippen molar-refractivity contribution >= 4 is 29.1 Å². The molecule has 0 radical (unpaired) electrons. The summed E-state index contributed by atoms with van der Waals surface area (Å²) >= 11 is 2.94. The average Bonchev–Trinajstić information content (AvgIpc) is 2.79. The van der Waals surface area contributed by atoms with Crippen molar-refractivity contribution < 1.29 is 9.90 Å². The number of aliphatic carboxylic acids is 1. The molecule has 2 rings (SSSR count). The molecule has 0 saturated heterocycles. The smallest absolute Gasteiger partial charge is 0.321 e. The Kier molecular flexibility index (Phi) is 3.64. The van der Waals surface area contributed by atoms with E-state index in [0.717, 1.165) is 9.77 Å². The van der Waals surface area contributed by atoms with Gasteiger partial charge in [0.25, 0.3) is 0 Å². The Labute approximate surface area is 102 Å². The molecule has 0 aliphatic carbocycles. The Hall–Kier alpha value is -1.26. The number of rotatable bonds is 4. The standard InChI is InChI=1S/C12H10O2S2/c13-12(14)11(9-5-2-1-3-6-9)16-10-7-4-8-15-10/h1-8,11H,(H,13,14). The predicted octanol–water partition coefficient (Wildman–Crippen LogP) is 3.67. The SMILES string of the molecule is O=C(O)C(Sc1cccs1)c1ccccc1. The van der Waals surface area contributed by atoms with Gasteiger partial charge >= 0.3 is 5.97 Å². The van der Waals surface area contributed by atoms with Crippen molar-refractivity contribution in [1.29, 1.82) is 0 Å². The molecule has 0 spiro atoms. The molecule has 0 aliphatic heterocycles. The summed E-state index contributed by atoms with van der Waals surface area (Å²) in [7, 11) is 0. The van der Waals surface area contributed by atoms with Crippen molar-refractivity contribution in [3.63, 3.8) is 0 Å². The van der Waals surface area contributed by atoms with Crippen LogP contribution in [0.15, 0.2) is 52.1 Å². The molecule has 0 bridgehead atoms. The topological polar surface area (TPSA) is 37.3 Å². The Morgan fingerprint density at radius 1 is 1.19 bits per heavy atom. The number of carboxylic acids is 1. The van der Waals surface area contributed by atoms with Gasteiger partial charge in [-0.05, 0) is 17.0 Å². The van der Waals surface area contributed by atoms with Crippen LogP contribution >= 0.6 is 23.1 Å². The number of hydrogen-bond donors (Lipinski definition) is 1. The molecule has 0 fully saturated rings. The molecular weight excluding hydrogens is 240 g/mol. The highest BCUT2D eigenvalue weighted by Gasteiger charge is 2.21. The van der Waals surface area contributed by atoms with Crippen molar-refractivity contribution in [3.05, 3.63) is 53.4 Å². The second-order valence-corrected chi connectivity index (χ2v) is 5.53. The van der Waals surface area contributed by atoms with E-state index in [4.69, 9.17) is 0 Å². The molecule has 16 heavy (non-hydrogen) atoms. The van der Waals surface area contributed by atoms with E-state index in [-0.39, 0.29) is 0 Å². The minimum atomic E-state index is -0.801. The lowest BCUT2D eigenvalue weighted by Gasteiger charge is -2.10. The van der Waals surface area contributed by atoms with Crippen molar-refractivity contribution in [2.45, 2.75) is 9.46 Å². The number of thioether (sulfide) groups is 1. The maximum absolute atomic E-state index is 11.2. The molecule has 1 aromatic carbocycles. The van der Waals surface area contributed by atoms with E-state index in [2.05, 4.69) is 0 Å². The van der Waals surface area contributed by atoms with Gasteiger partial charge in [-0.1, -0.05) is 48.2 Å². The quantitative estimate of drug-likeness (QED) is 0.841. The highest BCUT2D eigenvalue weighted by molar-refractivity contribution is 8.02. The fourth-order valence-corrected chi connectivity index (χ4v) is 3.24. The summed E-state index contributed by atoms with van der Waals surface area (Å²) in [5.74, 6) is -0.801. The van der Waals surface area contributed by atoms with Crippen LogP contribution < -0.4 is 0 Å². The number of carboxylic acid groups (broad SMARTS) is 1. The summed E-state index contributed by atoms with van der Waals surface area (Å²) in [4.78, 5) is 11.2. The van der Waals surface area contributed by atoms with Gasteiger partial charge in [-0.25, -0.2) is 0 Å². The van der Waals surface area contributed by atoms with Gasteiger partial charge in [0.05, 0.1) is 4.21 Å². The van der Waals surface area contributed by atoms with Crippen LogP contribution in [-0.4, -0.2) is 11.1 Å². The van der Waals surface area contributed by atoms with Gasteiger partial charge in [-0.3, -0.25) is 4.79 Å². The zero-order valence-corrected chi connectivity index (χ0v) is 10.0. The Bertz CT molecular complexity index is 451. The molecule has 0 aliphatic rings. The fraction of sp³-hybridized carbons (Fsp3) is 0.0833. The summed E-state index contributed by atoms with van der Waals surface area (Å²) in [5.41, 5.74) is 0.827. The molecule has 1 heterocycles. The van der Waals surface area contributed by atoms with Crippen molar-refractivity contribution in [3.8, 4) is 0 Å². The molecule has 0 saturated carbocycles. The average molecular weight is 250 g/mol. The Balaban J connectivity index is 2.22. The minimum absolute atomic E-state index is 0.528. The van der Waals surface area contributed by atoms with Gasteiger partial charge in [0, 0.05) is 0 Å². The van der Waals surface area contributed by atoms with Crippen molar-refractivity contribution in [2.75, 3.05) is 0 Å². The van der Waals surface area contributed by atoms with Gasteiger partial charge in [-0.2, -0.15) is 0 Å². The van der Waals surface area contributed by atoms with Crippen LogP contribution in [0, 0.1) is 0 Å². The van der Waals surface area contributed by atoms with Crippen LogP contribution in [0.3, 0.4) is 0 Å². The first kappa shape index (κ1) is 11.2. The second kappa shape index (κ2) is 5.18. The molecule has 1 aromatic heterocycles. The lowest BCUT2D eigenvalue weighted by atomic mass is 10.1. The van der Waals surface area contributed by atoms with Gasteiger partial charge < -0.3 is 5.11 Å². The largest absolute Gasteiger partial charge is 0.480 e. The van der Waals surface area contributed by atoms with E-state index in [0.29, 0.717) is 0 Å². The zero-order chi connectivity index (χ0) is 11.4. The second-order valence-electron chi connectivity index (χ2n) is 3.18. The van der Waals surface area contributed by atoms with E-state index in [9.17, 15) is 9.90 Å². The van der Waals surface area contributed by atoms with Crippen LogP contribution in [0.5, 0.6) is 0 Å². The van der Waals surface area contributed by atoms with E-state index >= 15 is 0 Å². The molecule has 1 unspecified atom stereocenters. The molecule has 4 heteroatoms. The third kappa shape index (κ3) is 2.65. The van der Waals surface area contributed by atoms with Gasteiger partial charge in [0.15, 0.2) is 0 Å². The minimum Gasteiger partial charge on any atom is -0.480 e. The number of carbonyl (C=O) groups is 1. The normalized spacial score (nSPS) is 12.2. The monoisotopic (exact) mass is 250 g/mol. The first-order valence-electron chi connectivity index (χ1n) is 4.75. The van der Waals surface area contributed by atoms with E-state index < -0.39 is 11.2 Å². The summed E-state index contributed by atoms with van der Waals surface area (Å²) in [6.45, 7) is 0. The third-order valence-electron chi connectivity index (χ3n) is 2.06. The maximum atomic E-state index is 11.2. The molecule has 0 amide bonds. The van der Waals surface area contributed by atoms with Gasteiger partial charge in [0.2, 0.25) is 0 Å². The molecule has 2 aromatic rings. The summed E-state index contributed by atoms with van der Waals surface area (Å²) in [5, 5.41) is 10.6. The van der Waals surface area contributed by atoms with Crippen molar-refractivity contribution in [1.82, 2.24) is 0 Å². The lowest BCUT2D eigenvalue weighted by molar-refractivity contribution is -0.136. The van der Waals surface area contributed by atoms with Crippen LogP contribution in [0.25, 0.3) is 0 Å². The van der Waals surface area contributed by atoms with E-state index in [1.165, 1.54) is 11.8 Å². The van der Waals surface area contributed by atoms with Crippen molar-refractivity contribution in [2.24, 2.45) is 0 Å². The van der Waals surface area contributed by atoms with Gasteiger partial charge in [-0.15, -0.1) is 11.3 Å². The fourth-order valence-electron chi connectivity index (χ4n) is 1.34. The summed E-state index contributed by atoms with van der Waals surface area (Å²) in [6, 6.07) is 13.2. The number of benzene rings is 1. The molecule has 1 N–H and O–H groups in total. The van der Waals surface area contributed by atoms with E-state index in [1.54, 1.807) is 11.3 Å². The number of thiophene rings is 1. The molecule has 82 valence electrons. The summed E-state index contributed by atoms with van der Waals surface area (Å²) < 4.78 is 1.02. The van der Waals surface area contributed by atoms with Crippen LogP contribution in [0.1, 0.15) is 10.8 Å². The van der Waals surface area contributed by atoms with Crippen LogP contribution in [-0.2, 0) is 4.79 Å². The van der Waals surface area contributed by atoms with E-state index in [1.807, 2.05) is 47.8 Å². The lowest BCUT2D eigenvalue weighted by Crippen LogP contribution is -2.07. The maximum Gasteiger partial charge on any atom is 0.321 e. The van der Waals surface area contributed by atoms with Crippen LogP contribution in [0.4, 0.5) is 0 Å². The first-order chi connectivity index (χ1) is 7.77. The third-order valence-corrected chi connectivity index (χ3v) is 4.37. The first-order valence-corrected chi connectivity index (χ1v) is 6.51. The predicted molar refractivity (Wildman–Crippen MR) is 67.0 cm³/mol. The molecule has 1 atom stereocenters. The Morgan fingerprint density at radius 3 is 2.50 bits per heavy atom. The highest BCUT2D eigenvalue weighted by atomic mass is 32.2. The van der Waals surface area contributed by atoms with Gasteiger partial charge in [0.1, 0.15) is 5.25 Å². The molecule has 2 nitrogen and oxygen atoms in total. The molecular formula is C12H10O2S2. The van der Waals surface area contributed by atoms with Crippen LogP contribution in [0.2, 0.25) is 0 Å². The number of hydrogen-bond acceptors (Lipinski definition) is 3. The highest BCUT2D eigenvalue weighted by Crippen LogP contribution is 2.37.